The van der Waals surface area contributed by atoms with Crippen LogP contribution in [0, 0.1) is 46.3 Å². The van der Waals surface area contributed by atoms with Gasteiger partial charge in [0.2, 0.25) is 5.91 Å². The third kappa shape index (κ3) is 4.55. The maximum Gasteiger partial charge on any atom is 0.326 e. The largest absolute Gasteiger partial charge is 0.480 e. The molecule has 5 fully saturated rings. The average molecular weight is 520 g/mol. The third-order valence-electron chi connectivity index (χ3n) is 12.4. The Balaban J connectivity index is 1.25. The molecule has 0 aromatic carbocycles. The minimum Gasteiger partial charge on any atom is -0.480 e. The molecular weight excluding hydrogens is 470 g/mol. The van der Waals surface area contributed by atoms with Crippen LogP contribution < -0.4 is 0 Å². The minimum atomic E-state index is -0.946. The van der Waals surface area contributed by atoms with E-state index in [0.29, 0.717) is 54.9 Å². The van der Waals surface area contributed by atoms with E-state index in [1.165, 1.54) is 11.3 Å². The van der Waals surface area contributed by atoms with Crippen LogP contribution in [-0.2, 0) is 14.3 Å². The number of ether oxygens (including phenoxy) is 1. The van der Waals surface area contributed by atoms with Gasteiger partial charge in [-0.3, -0.25) is 4.79 Å². The Morgan fingerprint density at radius 1 is 1.00 bits per heavy atom. The van der Waals surface area contributed by atoms with Crippen molar-refractivity contribution in [3.05, 3.63) is 0 Å². The minimum absolute atomic E-state index is 0.0663. The summed E-state index contributed by atoms with van der Waals surface area (Å²) in [7, 11) is 1.58. The first-order valence-corrected chi connectivity index (χ1v) is 14.9. The zero-order chi connectivity index (χ0) is 26.7. The number of carbonyl (C=O) groups is 2. The standard InChI is InChI=1S/C30H49NO6/c1-17(5-8-26(34)31-16-20(37-4)15-24(31)28(35)36)21-6-7-22-27-23(10-12-30(21,22)3)29(2)11-9-19(32)13-18(29)14-25(27)33/h17-25,27,32-33H,5-16H2,1-4H3,(H,35,36)/t17?,18-,19-,20+,21-,22?,23?,24-,25?,27?,29+,30-/m1/s1. The Morgan fingerprint density at radius 3 is 2.41 bits per heavy atom. The van der Waals surface area contributed by atoms with Gasteiger partial charge in [-0.25, -0.2) is 4.79 Å². The number of carboxylic acid groups (broad SMARTS) is 1. The molecule has 12 atom stereocenters. The fourth-order valence-electron chi connectivity index (χ4n) is 10.3. The van der Waals surface area contributed by atoms with Crippen molar-refractivity contribution in [1.82, 2.24) is 4.90 Å². The molecule has 5 rings (SSSR count). The SMILES string of the molecule is CO[C@H]1C[C@H](C(=O)O)N(C(=O)CCC(C)[C@H]2CCC3C4C(O)C[C@H]5C[C@H](O)CC[C@]5(C)C4CC[C@@]32C)C1. The highest BCUT2D eigenvalue weighted by Crippen LogP contribution is 2.68. The van der Waals surface area contributed by atoms with Crippen molar-refractivity contribution < 1.29 is 29.6 Å². The van der Waals surface area contributed by atoms with Crippen LogP contribution in [-0.4, -0.2) is 70.1 Å². The number of fused-ring (bicyclic) bond motifs is 5. The van der Waals surface area contributed by atoms with Crippen molar-refractivity contribution in [1.29, 1.82) is 0 Å². The average Bonchev–Trinajstić information content (AvgIpc) is 3.45. The summed E-state index contributed by atoms with van der Waals surface area (Å²) in [5.74, 6) is 1.73. The molecule has 3 N–H and O–H groups in total. The fourth-order valence-corrected chi connectivity index (χ4v) is 10.3. The van der Waals surface area contributed by atoms with E-state index in [4.69, 9.17) is 4.74 Å². The van der Waals surface area contributed by atoms with Gasteiger partial charge in [0.05, 0.1) is 18.3 Å². The van der Waals surface area contributed by atoms with Gasteiger partial charge < -0.3 is 25.0 Å². The third-order valence-corrected chi connectivity index (χ3v) is 12.4. The van der Waals surface area contributed by atoms with Crippen molar-refractivity contribution in [2.45, 2.75) is 116 Å². The van der Waals surface area contributed by atoms with E-state index in [2.05, 4.69) is 20.8 Å². The first-order chi connectivity index (χ1) is 17.5. The summed E-state index contributed by atoms with van der Waals surface area (Å²) in [6.45, 7) is 7.56. The van der Waals surface area contributed by atoms with Gasteiger partial charge in [0.15, 0.2) is 0 Å². The molecule has 1 heterocycles. The van der Waals surface area contributed by atoms with Crippen LogP contribution >= 0.6 is 0 Å². The van der Waals surface area contributed by atoms with E-state index < -0.39 is 12.0 Å². The molecule has 0 spiro atoms. The lowest BCUT2D eigenvalue weighted by atomic mass is 9.43. The van der Waals surface area contributed by atoms with Gasteiger partial charge in [0, 0.05) is 26.5 Å². The Labute approximate surface area is 222 Å². The highest BCUT2D eigenvalue weighted by atomic mass is 16.5. The van der Waals surface area contributed by atoms with E-state index in [1.54, 1.807) is 7.11 Å². The summed E-state index contributed by atoms with van der Waals surface area (Å²) >= 11 is 0. The lowest BCUT2D eigenvalue weighted by Gasteiger charge is -2.62. The Bertz CT molecular complexity index is 880. The van der Waals surface area contributed by atoms with Crippen LogP contribution in [0.3, 0.4) is 0 Å². The Kier molecular flexibility index (Phi) is 7.47. The number of amides is 1. The molecule has 7 nitrogen and oxygen atoms in total. The summed E-state index contributed by atoms with van der Waals surface area (Å²) in [5, 5.41) is 31.4. The first-order valence-electron chi connectivity index (χ1n) is 14.9. The first kappa shape index (κ1) is 27.4. The van der Waals surface area contributed by atoms with Crippen LogP contribution in [0.4, 0.5) is 0 Å². The quantitative estimate of drug-likeness (QED) is 0.488. The Morgan fingerprint density at radius 2 is 1.70 bits per heavy atom. The number of nitrogens with zero attached hydrogens (tertiary/aromatic N) is 1. The molecule has 1 amide bonds. The van der Waals surface area contributed by atoms with Gasteiger partial charge >= 0.3 is 5.97 Å². The lowest BCUT2D eigenvalue weighted by Crippen LogP contribution is -2.58. The van der Waals surface area contributed by atoms with Gasteiger partial charge in [-0.15, -0.1) is 0 Å². The van der Waals surface area contributed by atoms with Gasteiger partial charge in [0.1, 0.15) is 6.04 Å². The van der Waals surface area contributed by atoms with Crippen LogP contribution in [0.15, 0.2) is 0 Å². The summed E-state index contributed by atoms with van der Waals surface area (Å²) in [6.07, 6.45) is 9.14. The molecule has 4 saturated carbocycles. The predicted octanol–water partition coefficient (Wildman–Crippen LogP) is 4.09. The zero-order valence-electron chi connectivity index (χ0n) is 23.3. The monoisotopic (exact) mass is 519 g/mol. The molecule has 37 heavy (non-hydrogen) atoms. The molecule has 5 unspecified atom stereocenters. The molecule has 7 heteroatoms. The maximum atomic E-state index is 13.1. The molecule has 5 aliphatic rings. The normalized spacial score (nSPS) is 48.2. The number of carboxylic acids is 1. The summed E-state index contributed by atoms with van der Waals surface area (Å²) in [4.78, 5) is 26.3. The molecule has 0 radical (unpaired) electrons. The summed E-state index contributed by atoms with van der Waals surface area (Å²) in [5.41, 5.74) is 0.414. The van der Waals surface area contributed by atoms with Crippen molar-refractivity contribution in [3.63, 3.8) is 0 Å². The molecule has 1 saturated heterocycles. The number of methoxy groups -OCH3 is 1. The number of aliphatic carboxylic acids is 1. The van der Waals surface area contributed by atoms with E-state index in [9.17, 15) is 24.9 Å². The van der Waals surface area contributed by atoms with E-state index >= 15 is 0 Å². The van der Waals surface area contributed by atoms with Crippen molar-refractivity contribution in [3.8, 4) is 0 Å². The second kappa shape index (κ2) is 10.1. The van der Waals surface area contributed by atoms with Crippen LogP contribution in [0.1, 0.15) is 91.4 Å². The van der Waals surface area contributed by atoms with Gasteiger partial charge in [-0.1, -0.05) is 20.8 Å². The molecule has 210 valence electrons. The molecular formula is C30H49NO6. The molecule has 0 aromatic heterocycles. The summed E-state index contributed by atoms with van der Waals surface area (Å²) in [6, 6.07) is -0.782. The van der Waals surface area contributed by atoms with Gasteiger partial charge in [0.25, 0.3) is 0 Å². The van der Waals surface area contributed by atoms with Crippen molar-refractivity contribution >= 4 is 11.9 Å². The van der Waals surface area contributed by atoms with Crippen LogP contribution in [0.5, 0.6) is 0 Å². The number of aliphatic hydroxyl groups excluding tert-OH is 2. The zero-order valence-corrected chi connectivity index (χ0v) is 23.3. The Hall–Kier alpha value is -1.18. The van der Waals surface area contributed by atoms with E-state index in [-0.39, 0.29) is 35.0 Å². The smallest absolute Gasteiger partial charge is 0.326 e. The van der Waals surface area contributed by atoms with E-state index in [0.717, 1.165) is 51.4 Å². The van der Waals surface area contributed by atoms with Crippen molar-refractivity contribution in [2.24, 2.45) is 46.3 Å². The molecule has 0 aromatic rings. The van der Waals surface area contributed by atoms with Crippen molar-refractivity contribution in [2.75, 3.05) is 13.7 Å². The fraction of sp³-hybridized carbons (Fsp3) is 0.933. The highest BCUT2D eigenvalue weighted by molar-refractivity contribution is 5.84. The van der Waals surface area contributed by atoms with Crippen LogP contribution in [0.25, 0.3) is 0 Å². The molecule has 1 aliphatic heterocycles. The highest BCUT2D eigenvalue weighted by Gasteiger charge is 2.62. The number of aliphatic hydroxyl groups is 2. The number of rotatable bonds is 6. The van der Waals surface area contributed by atoms with Crippen LogP contribution in [0.2, 0.25) is 0 Å². The van der Waals surface area contributed by atoms with E-state index in [1.807, 2.05) is 0 Å². The van der Waals surface area contributed by atoms with Gasteiger partial charge in [-0.05, 0) is 104 Å². The van der Waals surface area contributed by atoms with Gasteiger partial charge in [-0.2, -0.15) is 0 Å². The second-order valence-electron chi connectivity index (χ2n) is 14.0. The number of hydrogen-bond donors (Lipinski definition) is 3. The number of carbonyl (C=O) groups excluding carboxylic acids is 1. The topological polar surface area (TPSA) is 107 Å². The summed E-state index contributed by atoms with van der Waals surface area (Å²) < 4.78 is 5.36. The second-order valence-corrected chi connectivity index (χ2v) is 14.0. The maximum absolute atomic E-state index is 13.1. The lowest BCUT2D eigenvalue weighted by molar-refractivity contribution is -0.174. The molecule has 4 aliphatic carbocycles. The number of hydrogen-bond acceptors (Lipinski definition) is 5. The molecule has 0 bridgehead atoms. The predicted molar refractivity (Wildman–Crippen MR) is 140 cm³/mol. The number of likely N-dealkylation sites (tertiary alicyclic amines) is 1.